The number of aromatic nitrogens is 4. The van der Waals surface area contributed by atoms with Gasteiger partial charge in [0.25, 0.3) is 5.91 Å². The molecule has 3 rings (SSSR count). The second kappa shape index (κ2) is 6.86. The van der Waals surface area contributed by atoms with Gasteiger partial charge >= 0.3 is 0 Å². The maximum Gasteiger partial charge on any atom is 0.255 e. The summed E-state index contributed by atoms with van der Waals surface area (Å²) in [5, 5.41) is 6.62. The topological polar surface area (TPSA) is 97.0 Å². The molecule has 3 aromatic rings. The van der Waals surface area contributed by atoms with E-state index in [0.29, 0.717) is 28.8 Å². The van der Waals surface area contributed by atoms with Gasteiger partial charge < -0.3 is 14.7 Å². The standard InChI is InChI=1S/C16H16N6O2/c1-22(2)15-11(6-5-9-18-15)16(23)19-10-13-20-14(21-24-13)12-7-3-4-8-17-12/h3-9H,10H2,1-2H3,(H,19,23). The van der Waals surface area contributed by atoms with Crippen molar-refractivity contribution in [2.75, 3.05) is 19.0 Å². The zero-order valence-electron chi connectivity index (χ0n) is 13.3. The lowest BCUT2D eigenvalue weighted by Gasteiger charge is -2.14. The van der Waals surface area contributed by atoms with Gasteiger partial charge in [-0.2, -0.15) is 4.98 Å². The molecule has 0 saturated heterocycles. The zero-order chi connectivity index (χ0) is 16.9. The predicted octanol–water partition coefficient (Wildman–Crippen LogP) is 1.52. The summed E-state index contributed by atoms with van der Waals surface area (Å²) in [5.41, 5.74) is 1.09. The first kappa shape index (κ1) is 15.6. The molecule has 0 atom stereocenters. The lowest BCUT2D eigenvalue weighted by molar-refractivity contribution is 0.0946. The maximum absolute atomic E-state index is 12.3. The molecule has 122 valence electrons. The summed E-state index contributed by atoms with van der Waals surface area (Å²) in [6.07, 6.45) is 3.29. The van der Waals surface area contributed by atoms with E-state index in [1.54, 1.807) is 41.6 Å². The molecular formula is C16H16N6O2. The summed E-state index contributed by atoms with van der Waals surface area (Å²) < 4.78 is 5.14. The van der Waals surface area contributed by atoms with Crippen LogP contribution >= 0.6 is 0 Å². The molecule has 3 heterocycles. The molecule has 0 aromatic carbocycles. The van der Waals surface area contributed by atoms with Crippen LogP contribution in [0.3, 0.4) is 0 Å². The Morgan fingerprint density at radius 3 is 2.75 bits per heavy atom. The van der Waals surface area contributed by atoms with E-state index < -0.39 is 0 Å². The fourth-order valence-corrected chi connectivity index (χ4v) is 2.11. The number of anilines is 1. The largest absolute Gasteiger partial charge is 0.362 e. The van der Waals surface area contributed by atoms with Crippen molar-refractivity contribution < 1.29 is 9.32 Å². The van der Waals surface area contributed by atoms with E-state index in [2.05, 4.69) is 25.4 Å². The highest BCUT2D eigenvalue weighted by molar-refractivity contribution is 5.98. The first-order chi connectivity index (χ1) is 11.6. The average Bonchev–Trinajstić information content (AvgIpc) is 3.09. The van der Waals surface area contributed by atoms with Crippen LogP contribution in [-0.4, -0.2) is 40.1 Å². The van der Waals surface area contributed by atoms with Crippen molar-refractivity contribution in [3.8, 4) is 11.5 Å². The summed E-state index contributed by atoms with van der Waals surface area (Å²) in [6.45, 7) is 0.125. The van der Waals surface area contributed by atoms with Crippen LogP contribution in [0.4, 0.5) is 5.82 Å². The fraction of sp³-hybridized carbons (Fsp3) is 0.188. The SMILES string of the molecule is CN(C)c1ncccc1C(=O)NCc1nc(-c2ccccn2)no1. The van der Waals surface area contributed by atoms with Gasteiger partial charge in [-0.1, -0.05) is 11.2 Å². The number of hydrogen-bond donors (Lipinski definition) is 1. The number of pyridine rings is 2. The molecule has 0 radical (unpaired) electrons. The van der Waals surface area contributed by atoms with Gasteiger partial charge in [-0.3, -0.25) is 9.78 Å². The summed E-state index contributed by atoms with van der Waals surface area (Å²) in [7, 11) is 3.66. The quantitative estimate of drug-likeness (QED) is 0.760. The number of amides is 1. The first-order valence-corrected chi connectivity index (χ1v) is 7.29. The van der Waals surface area contributed by atoms with E-state index >= 15 is 0 Å². The van der Waals surface area contributed by atoms with Crippen molar-refractivity contribution >= 4 is 11.7 Å². The molecule has 0 unspecified atom stereocenters. The number of nitrogens with one attached hydrogen (secondary N) is 1. The van der Waals surface area contributed by atoms with E-state index in [9.17, 15) is 4.79 Å². The van der Waals surface area contributed by atoms with Crippen molar-refractivity contribution in [3.05, 3.63) is 54.2 Å². The van der Waals surface area contributed by atoms with Gasteiger partial charge in [0.15, 0.2) is 0 Å². The second-order valence-corrected chi connectivity index (χ2v) is 5.18. The van der Waals surface area contributed by atoms with Gasteiger partial charge in [0.1, 0.15) is 11.5 Å². The number of hydrogen-bond acceptors (Lipinski definition) is 7. The molecule has 0 fully saturated rings. The summed E-state index contributed by atoms with van der Waals surface area (Å²) >= 11 is 0. The molecule has 1 N–H and O–H groups in total. The Balaban J connectivity index is 1.68. The Morgan fingerprint density at radius 1 is 1.17 bits per heavy atom. The first-order valence-electron chi connectivity index (χ1n) is 7.29. The molecular weight excluding hydrogens is 308 g/mol. The Kier molecular flexibility index (Phi) is 4.46. The highest BCUT2D eigenvalue weighted by Gasteiger charge is 2.15. The number of rotatable bonds is 5. The lowest BCUT2D eigenvalue weighted by Crippen LogP contribution is -2.26. The van der Waals surface area contributed by atoms with Crippen LogP contribution in [-0.2, 0) is 6.54 Å². The number of carbonyl (C=O) groups excluding carboxylic acids is 1. The molecule has 0 bridgehead atoms. The van der Waals surface area contributed by atoms with Crippen LogP contribution in [0.2, 0.25) is 0 Å². The van der Waals surface area contributed by atoms with Crippen LogP contribution in [0, 0.1) is 0 Å². The van der Waals surface area contributed by atoms with Gasteiger partial charge in [-0.25, -0.2) is 4.98 Å². The minimum Gasteiger partial charge on any atom is -0.362 e. The van der Waals surface area contributed by atoms with Gasteiger partial charge in [0.05, 0.1) is 12.1 Å². The Bertz CT molecular complexity index is 831. The summed E-state index contributed by atoms with van der Waals surface area (Å²) in [6, 6.07) is 8.86. The Labute approximate surface area is 138 Å². The summed E-state index contributed by atoms with van der Waals surface area (Å²) in [4.78, 5) is 26.7. The molecule has 8 heteroatoms. The fourth-order valence-electron chi connectivity index (χ4n) is 2.11. The van der Waals surface area contributed by atoms with Crippen molar-refractivity contribution in [2.24, 2.45) is 0 Å². The minimum absolute atomic E-state index is 0.125. The molecule has 24 heavy (non-hydrogen) atoms. The van der Waals surface area contributed by atoms with E-state index in [-0.39, 0.29) is 12.5 Å². The van der Waals surface area contributed by atoms with Crippen LogP contribution < -0.4 is 10.2 Å². The van der Waals surface area contributed by atoms with E-state index in [1.165, 1.54) is 0 Å². The van der Waals surface area contributed by atoms with E-state index in [0.717, 1.165) is 0 Å². The van der Waals surface area contributed by atoms with E-state index in [1.807, 2.05) is 20.2 Å². The van der Waals surface area contributed by atoms with Crippen molar-refractivity contribution in [3.63, 3.8) is 0 Å². The van der Waals surface area contributed by atoms with E-state index in [4.69, 9.17) is 4.52 Å². The molecule has 0 aliphatic heterocycles. The Morgan fingerprint density at radius 2 is 2.00 bits per heavy atom. The zero-order valence-corrected chi connectivity index (χ0v) is 13.3. The third kappa shape index (κ3) is 3.37. The third-order valence-corrected chi connectivity index (χ3v) is 3.22. The lowest BCUT2D eigenvalue weighted by atomic mass is 10.2. The van der Waals surface area contributed by atoms with Gasteiger partial charge in [-0.15, -0.1) is 0 Å². The molecule has 8 nitrogen and oxygen atoms in total. The van der Waals surface area contributed by atoms with Crippen LogP contribution in [0.15, 0.2) is 47.2 Å². The van der Waals surface area contributed by atoms with Gasteiger partial charge in [0, 0.05) is 26.5 Å². The molecule has 0 aliphatic rings. The average molecular weight is 324 g/mol. The van der Waals surface area contributed by atoms with Crippen LogP contribution in [0.5, 0.6) is 0 Å². The normalized spacial score (nSPS) is 10.4. The van der Waals surface area contributed by atoms with Crippen molar-refractivity contribution in [1.29, 1.82) is 0 Å². The highest BCUT2D eigenvalue weighted by atomic mass is 16.5. The highest BCUT2D eigenvalue weighted by Crippen LogP contribution is 2.15. The maximum atomic E-state index is 12.3. The monoisotopic (exact) mass is 324 g/mol. The molecule has 0 saturated carbocycles. The second-order valence-electron chi connectivity index (χ2n) is 5.18. The predicted molar refractivity (Wildman–Crippen MR) is 87.3 cm³/mol. The minimum atomic E-state index is -0.260. The molecule has 3 aromatic heterocycles. The third-order valence-electron chi connectivity index (χ3n) is 3.22. The van der Waals surface area contributed by atoms with Crippen LogP contribution in [0.1, 0.15) is 16.2 Å². The van der Waals surface area contributed by atoms with Gasteiger partial charge in [-0.05, 0) is 24.3 Å². The van der Waals surface area contributed by atoms with Crippen LogP contribution in [0.25, 0.3) is 11.5 Å². The number of nitrogens with zero attached hydrogens (tertiary/aromatic N) is 5. The molecule has 0 aliphatic carbocycles. The molecule has 1 amide bonds. The van der Waals surface area contributed by atoms with Gasteiger partial charge in [0.2, 0.25) is 11.7 Å². The summed E-state index contributed by atoms with van der Waals surface area (Å²) in [5.74, 6) is 1.02. The number of carbonyl (C=O) groups is 1. The smallest absolute Gasteiger partial charge is 0.255 e. The van der Waals surface area contributed by atoms with Crippen molar-refractivity contribution in [2.45, 2.75) is 6.54 Å². The Hall–Kier alpha value is -3.29. The molecule has 0 spiro atoms. The van der Waals surface area contributed by atoms with Crippen molar-refractivity contribution in [1.82, 2.24) is 25.4 Å².